The summed E-state index contributed by atoms with van der Waals surface area (Å²) in [6.07, 6.45) is 2.10. The van der Waals surface area contributed by atoms with E-state index in [2.05, 4.69) is 21.3 Å². The highest BCUT2D eigenvalue weighted by molar-refractivity contribution is 5.91. The average molecular weight is 423 g/mol. The molecule has 12 heteroatoms. The first-order valence-corrected chi connectivity index (χ1v) is 9.59. The molecule has 1 aliphatic heterocycles. The van der Waals surface area contributed by atoms with E-state index in [0.29, 0.717) is 25.8 Å². The molecule has 1 heterocycles. The number of terminal acetylenes is 1. The summed E-state index contributed by atoms with van der Waals surface area (Å²) in [6.45, 7) is 0.332. The maximum absolute atomic E-state index is 12.9. The van der Waals surface area contributed by atoms with Gasteiger partial charge in [0.05, 0.1) is 18.2 Å². The van der Waals surface area contributed by atoms with Gasteiger partial charge in [-0.2, -0.15) is 0 Å². The fourth-order valence-corrected chi connectivity index (χ4v) is 3.88. The Morgan fingerprint density at radius 2 is 1.83 bits per heavy atom. The first-order valence-electron chi connectivity index (χ1n) is 9.59. The van der Waals surface area contributed by atoms with E-state index in [4.69, 9.17) is 12.0 Å². The maximum Gasteiger partial charge on any atom is 0.311 e. The normalized spacial score (nSPS) is 30.3. The number of nitrogens with one attached hydrogen (secondary N) is 1. The molecule has 1 saturated heterocycles. The zero-order valence-corrected chi connectivity index (χ0v) is 16.2. The number of fused-ring (bicyclic) bond motifs is 1. The van der Waals surface area contributed by atoms with Crippen molar-refractivity contribution in [1.82, 2.24) is 10.2 Å². The van der Waals surface area contributed by atoms with E-state index in [0.717, 1.165) is 4.90 Å². The number of nitrogens with zero attached hydrogens (tertiary/aromatic N) is 4. The van der Waals surface area contributed by atoms with Gasteiger partial charge >= 0.3 is 5.97 Å². The number of carbonyl (C=O) groups excluding carboxylic acids is 2. The van der Waals surface area contributed by atoms with Gasteiger partial charge in [-0.25, -0.2) is 0 Å². The van der Waals surface area contributed by atoms with Gasteiger partial charge in [0.15, 0.2) is 0 Å². The number of aliphatic carboxylic acids is 1. The largest absolute Gasteiger partial charge is 0.481 e. The number of carboxylic acids is 1. The van der Waals surface area contributed by atoms with Crippen LogP contribution in [0.15, 0.2) is 5.11 Å². The molecule has 12 nitrogen and oxygen atoms in total. The molecule has 1 saturated carbocycles. The molecule has 2 fully saturated rings. The molecule has 0 bridgehead atoms. The van der Waals surface area contributed by atoms with Crippen molar-refractivity contribution in [2.45, 2.75) is 68.5 Å². The number of aliphatic hydroxyl groups is 3. The van der Waals surface area contributed by atoms with Gasteiger partial charge in [-0.3, -0.25) is 14.4 Å². The lowest BCUT2D eigenvalue weighted by Gasteiger charge is -2.30. The minimum Gasteiger partial charge on any atom is -0.481 e. The van der Waals surface area contributed by atoms with E-state index in [1.165, 1.54) is 0 Å². The van der Waals surface area contributed by atoms with E-state index in [9.17, 15) is 34.8 Å². The fraction of sp³-hybridized carbons (Fsp3) is 0.722. The second-order valence-electron chi connectivity index (χ2n) is 7.36. The highest BCUT2D eigenvalue weighted by Gasteiger charge is 2.68. The van der Waals surface area contributed by atoms with Gasteiger partial charge in [-0.15, -0.1) is 12.3 Å². The van der Waals surface area contributed by atoms with Crippen molar-refractivity contribution in [2.75, 3.05) is 6.54 Å². The molecule has 2 aliphatic rings. The minimum atomic E-state index is -1.73. The smallest absolute Gasteiger partial charge is 0.311 e. The summed E-state index contributed by atoms with van der Waals surface area (Å²) >= 11 is 0. The molecule has 0 aromatic carbocycles. The predicted octanol–water partition coefficient (Wildman–Crippen LogP) is -1.26. The topological polar surface area (TPSA) is 196 Å². The summed E-state index contributed by atoms with van der Waals surface area (Å²) in [5, 5.41) is 45.3. The highest BCUT2D eigenvalue weighted by Crippen LogP contribution is 2.45. The van der Waals surface area contributed by atoms with Gasteiger partial charge in [0, 0.05) is 24.3 Å². The zero-order chi connectivity index (χ0) is 22.4. The van der Waals surface area contributed by atoms with E-state index >= 15 is 0 Å². The van der Waals surface area contributed by atoms with Crippen LogP contribution in [0, 0.1) is 18.3 Å². The molecule has 30 heavy (non-hydrogen) atoms. The second-order valence-corrected chi connectivity index (χ2v) is 7.36. The molecule has 1 aliphatic carbocycles. The van der Waals surface area contributed by atoms with Crippen LogP contribution < -0.4 is 5.32 Å². The van der Waals surface area contributed by atoms with Crippen molar-refractivity contribution in [3.05, 3.63) is 10.4 Å². The van der Waals surface area contributed by atoms with Gasteiger partial charge in [-0.05, 0) is 18.4 Å². The molecule has 164 valence electrons. The molecule has 0 aromatic heterocycles. The van der Waals surface area contributed by atoms with Crippen molar-refractivity contribution >= 4 is 17.8 Å². The van der Waals surface area contributed by atoms with Crippen LogP contribution in [-0.2, 0) is 14.4 Å². The summed E-state index contributed by atoms with van der Waals surface area (Å²) in [7, 11) is 0. The number of rotatable bonds is 10. The average Bonchev–Trinajstić information content (AvgIpc) is 3.42. The summed E-state index contributed by atoms with van der Waals surface area (Å²) in [5.74, 6) is -1.68. The number of carbonyl (C=O) groups is 3. The van der Waals surface area contributed by atoms with E-state index in [1.54, 1.807) is 0 Å². The van der Waals surface area contributed by atoms with E-state index in [1.807, 2.05) is 0 Å². The van der Waals surface area contributed by atoms with Gasteiger partial charge in [0.2, 0.25) is 11.8 Å². The summed E-state index contributed by atoms with van der Waals surface area (Å²) in [4.78, 5) is 40.2. The molecular weight excluding hydrogens is 398 g/mol. The Kier molecular flexibility index (Phi) is 8.02. The van der Waals surface area contributed by atoms with Gasteiger partial charge in [-0.1, -0.05) is 11.5 Å². The fourth-order valence-electron chi connectivity index (χ4n) is 3.88. The first kappa shape index (κ1) is 23.4. The predicted molar refractivity (Wildman–Crippen MR) is 101 cm³/mol. The zero-order valence-electron chi connectivity index (χ0n) is 16.2. The Morgan fingerprint density at radius 1 is 1.13 bits per heavy atom. The maximum atomic E-state index is 12.9. The third-order valence-corrected chi connectivity index (χ3v) is 5.41. The number of hydrogen-bond donors (Lipinski definition) is 5. The van der Waals surface area contributed by atoms with Crippen LogP contribution in [0.1, 0.15) is 32.1 Å². The molecule has 0 aromatic rings. The van der Waals surface area contributed by atoms with Crippen molar-refractivity contribution in [3.8, 4) is 12.3 Å². The van der Waals surface area contributed by atoms with Crippen molar-refractivity contribution in [3.63, 3.8) is 0 Å². The number of amides is 2. The minimum absolute atomic E-state index is 0.120. The van der Waals surface area contributed by atoms with Crippen molar-refractivity contribution in [2.24, 2.45) is 11.0 Å². The van der Waals surface area contributed by atoms with Crippen LogP contribution >= 0.6 is 0 Å². The number of aliphatic hydroxyl groups excluding tert-OH is 3. The van der Waals surface area contributed by atoms with Crippen molar-refractivity contribution in [1.29, 1.82) is 0 Å². The molecule has 0 radical (unpaired) electrons. The van der Waals surface area contributed by atoms with Gasteiger partial charge < -0.3 is 30.6 Å². The summed E-state index contributed by atoms with van der Waals surface area (Å²) in [5.41, 5.74) is 8.20. The third-order valence-electron chi connectivity index (χ3n) is 5.41. The van der Waals surface area contributed by atoms with Crippen LogP contribution in [0.3, 0.4) is 0 Å². The number of azide groups is 1. The standard InChI is InChI=1S/C18H25N5O7/c1-2-6-9(21-10(24)7-4-3-5-8-20-22-19)17(28)23-12-11(18(29)30)14(25)16(27)15(26)13(12)23/h1,9,11-16,25-27H,3-8H2,(H,21,24)(H,29,30)/t9?,11-,12?,13?,14+,15-,16-,23?/m0/s1. The summed E-state index contributed by atoms with van der Waals surface area (Å²) in [6, 6.07) is -3.09. The number of carboxylic acid groups (broad SMARTS) is 1. The van der Waals surface area contributed by atoms with Crippen LogP contribution in [0.2, 0.25) is 0 Å². The molecule has 3 unspecified atom stereocenters. The molecule has 7 atom stereocenters. The monoisotopic (exact) mass is 423 g/mol. The van der Waals surface area contributed by atoms with Crippen molar-refractivity contribution < 1.29 is 34.8 Å². The van der Waals surface area contributed by atoms with Crippen LogP contribution in [0.4, 0.5) is 0 Å². The van der Waals surface area contributed by atoms with Crippen LogP contribution in [0.5, 0.6) is 0 Å². The Hall–Kier alpha value is -2.84. The molecular formula is C18H25N5O7. The lowest BCUT2D eigenvalue weighted by Crippen LogP contribution is -2.53. The van der Waals surface area contributed by atoms with E-state index < -0.39 is 60.1 Å². The Morgan fingerprint density at radius 3 is 2.43 bits per heavy atom. The second kappa shape index (κ2) is 10.3. The van der Waals surface area contributed by atoms with Crippen LogP contribution in [0.25, 0.3) is 10.4 Å². The number of likely N-dealkylation sites (tertiary alicyclic amines) is 1. The lowest BCUT2D eigenvalue weighted by atomic mass is 9.83. The quantitative estimate of drug-likeness (QED) is 0.0721. The Balaban J connectivity index is 1.98. The van der Waals surface area contributed by atoms with E-state index in [-0.39, 0.29) is 12.8 Å². The van der Waals surface area contributed by atoms with Gasteiger partial charge in [0.25, 0.3) is 0 Å². The molecule has 2 amide bonds. The molecule has 5 N–H and O–H groups in total. The molecule has 0 spiro atoms. The third kappa shape index (κ3) is 5.01. The highest BCUT2D eigenvalue weighted by atomic mass is 16.4. The summed E-state index contributed by atoms with van der Waals surface area (Å²) < 4.78 is 0. The Labute approximate surface area is 172 Å². The van der Waals surface area contributed by atoms with Crippen LogP contribution in [-0.4, -0.2) is 86.1 Å². The lowest BCUT2D eigenvalue weighted by molar-refractivity contribution is -0.156. The van der Waals surface area contributed by atoms with Gasteiger partial charge in [0.1, 0.15) is 24.2 Å². The number of hydrogen-bond acceptors (Lipinski definition) is 7. The molecule has 2 rings (SSSR count). The first-order chi connectivity index (χ1) is 14.3. The number of unbranched alkanes of at least 4 members (excludes halogenated alkanes) is 2. The Bertz CT molecular complexity index is 763. The SMILES string of the molecule is C#CCC(NC(=O)CCCCCN=[N+]=[N-])C(=O)N1C2C1[C@H](C(=O)O)[C@@H](O)[C@H](O)[C@H]2O.